The van der Waals surface area contributed by atoms with Crippen LogP contribution in [0.4, 0.5) is 11.4 Å². The summed E-state index contributed by atoms with van der Waals surface area (Å²) in [6.45, 7) is 2.28. The Balaban J connectivity index is 2.03. The molecule has 1 N–H and O–H groups in total. The molecule has 1 aliphatic carbocycles. The fourth-order valence-corrected chi connectivity index (χ4v) is 3.15. The summed E-state index contributed by atoms with van der Waals surface area (Å²) < 4.78 is 0. The summed E-state index contributed by atoms with van der Waals surface area (Å²) in [6.07, 6.45) is 5.49. The molecule has 1 aromatic carbocycles. The molecule has 18 heavy (non-hydrogen) atoms. The van der Waals surface area contributed by atoms with Gasteiger partial charge in [0, 0.05) is 25.8 Å². The maximum Gasteiger partial charge on any atom is 0.0659 e. The van der Waals surface area contributed by atoms with Gasteiger partial charge in [0.1, 0.15) is 0 Å². The average molecular weight is 267 g/mol. The molecule has 1 atom stereocenters. The predicted molar refractivity (Wildman–Crippen MR) is 80.8 cm³/mol. The van der Waals surface area contributed by atoms with Crippen LogP contribution in [0, 0.1) is 5.92 Å². The molecule has 0 heterocycles. The van der Waals surface area contributed by atoms with Crippen molar-refractivity contribution < 1.29 is 0 Å². The Morgan fingerprint density at radius 1 is 1.28 bits per heavy atom. The molecule has 1 aromatic rings. The first-order valence-corrected chi connectivity index (χ1v) is 7.19. The van der Waals surface area contributed by atoms with Crippen molar-refractivity contribution in [1.82, 2.24) is 0 Å². The monoisotopic (exact) mass is 266 g/mol. The number of nitrogens with zero attached hydrogens (tertiary/aromatic N) is 1. The Kier molecular flexibility index (Phi) is 4.39. The molecule has 0 saturated heterocycles. The molecule has 0 aromatic heterocycles. The van der Waals surface area contributed by atoms with Gasteiger partial charge in [0.05, 0.1) is 10.7 Å². The van der Waals surface area contributed by atoms with Crippen LogP contribution in [-0.4, -0.2) is 20.1 Å². The number of benzene rings is 1. The molecule has 100 valence electrons. The van der Waals surface area contributed by atoms with Crippen molar-refractivity contribution in [3.8, 4) is 0 Å². The van der Waals surface area contributed by atoms with Gasteiger partial charge in [0.2, 0.25) is 0 Å². The van der Waals surface area contributed by atoms with Gasteiger partial charge in [-0.05, 0) is 43.9 Å². The predicted octanol–water partition coefficient (Wildman–Crippen LogP) is 4.40. The molecular weight excluding hydrogens is 244 g/mol. The van der Waals surface area contributed by atoms with Gasteiger partial charge in [-0.1, -0.05) is 24.4 Å². The van der Waals surface area contributed by atoms with Crippen molar-refractivity contribution in [2.45, 2.75) is 38.6 Å². The summed E-state index contributed by atoms with van der Waals surface area (Å²) in [7, 11) is 4.02. The maximum absolute atomic E-state index is 6.29. The van der Waals surface area contributed by atoms with Gasteiger partial charge in [-0.2, -0.15) is 0 Å². The van der Waals surface area contributed by atoms with Crippen LogP contribution in [0.1, 0.15) is 32.6 Å². The molecule has 2 nitrogen and oxygen atoms in total. The maximum atomic E-state index is 6.29. The molecule has 2 rings (SSSR count). The minimum atomic E-state index is 0.536. The van der Waals surface area contributed by atoms with E-state index in [4.69, 9.17) is 11.6 Å². The number of anilines is 2. The zero-order chi connectivity index (χ0) is 13.1. The molecule has 1 saturated carbocycles. The average Bonchev–Trinajstić information content (AvgIpc) is 2.81. The van der Waals surface area contributed by atoms with Crippen LogP contribution in [-0.2, 0) is 0 Å². The summed E-state index contributed by atoms with van der Waals surface area (Å²) in [5, 5.41) is 4.40. The van der Waals surface area contributed by atoms with Gasteiger partial charge in [-0.25, -0.2) is 0 Å². The quantitative estimate of drug-likeness (QED) is 0.869. The van der Waals surface area contributed by atoms with Gasteiger partial charge in [0.15, 0.2) is 0 Å². The molecule has 1 aliphatic rings. The first-order chi connectivity index (χ1) is 8.58. The topological polar surface area (TPSA) is 15.3 Å². The van der Waals surface area contributed by atoms with Gasteiger partial charge >= 0.3 is 0 Å². The number of nitrogens with one attached hydrogen (secondary N) is 1. The van der Waals surface area contributed by atoms with Gasteiger partial charge in [-0.15, -0.1) is 0 Å². The first-order valence-electron chi connectivity index (χ1n) is 6.81. The standard InChI is InChI=1S/C15H23ClN2/c1-11(12-6-4-5-7-12)17-13-8-9-15(18(2)3)14(16)10-13/h8-12,17H,4-7H2,1-3H3. The normalized spacial score (nSPS) is 17.8. The van der Waals surface area contributed by atoms with Crippen LogP contribution in [0.5, 0.6) is 0 Å². The van der Waals surface area contributed by atoms with Crippen molar-refractivity contribution >= 4 is 23.0 Å². The number of rotatable bonds is 4. The third-order valence-electron chi connectivity index (χ3n) is 3.93. The SMILES string of the molecule is CC(Nc1ccc(N(C)C)c(Cl)c1)C1CCCC1. The third kappa shape index (κ3) is 3.11. The first kappa shape index (κ1) is 13.5. The van der Waals surface area contributed by atoms with Gasteiger partial charge in [-0.3, -0.25) is 0 Å². The van der Waals surface area contributed by atoms with E-state index in [-0.39, 0.29) is 0 Å². The van der Waals surface area contributed by atoms with Crippen LogP contribution >= 0.6 is 11.6 Å². The number of halogens is 1. The van der Waals surface area contributed by atoms with E-state index >= 15 is 0 Å². The molecule has 0 bridgehead atoms. The highest BCUT2D eigenvalue weighted by molar-refractivity contribution is 6.33. The van der Waals surface area contributed by atoms with Crippen molar-refractivity contribution in [1.29, 1.82) is 0 Å². The minimum absolute atomic E-state index is 0.536. The lowest BCUT2D eigenvalue weighted by Gasteiger charge is -2.22. The highest BCUT2D eigenvalue weighted by Gasteiger charge is 2.21. The van der Waals surface area contributed by atoms with Crippen LogP contribution in [0.15, 0.2) is 18.2 Å². The summed E-state index contributed by atoms with van der Waals surface area (Å²) in [5.41, 5.74) is 2.20. The van der Waals surface area contributed by atoms with Crippen molar-refractivity contribution in [3.05, 3.63) is 23.2 Å². The second-order valence-corrected chi connectivity index (χ2v) is 5.95. The van der Waals surface area contributed by atoms with Crippen LogP contribution in [0.3, 0.4) is 0 Å². The Bertz CT molecular complexity index is 397. The van der Waals surface area contributed by atoms with E-state index in [1.54, 1.807) is 0 Å². The lowest BCUT2D eigenvalue weighted by atomic mass is 9.99. The van der Waals surface area contributed by atoms with Crippen LogP contribution in [0.2, 0.25) is 5.02 Å². The lowest BCUT2D eigenvalue weighted by molar-refractivity contribution is 0.482. The largest absolute Gasteiger partial charge is 0.382 e. The molecule has 0 radical (unpaired) electrons. The Morgan fingerprint density at radius 2 is 1.94 bits per heavy atom. The molecular formula is C15H23ClN2. The van der Waals surface area contributed by atoms with E-state index in [1.807, 2.05) is 25.1 Å². The molecule has 0 spiro atoms. The van der Waals surface area contributed by atoms with Gasteiger partial charge < -0.3 is 10.2 Å². The van der Waals surface area contributed by atoms with E-state index in [1.165, 1.54) is 25.7 Å². The highest BCUT2D eigenvalue weighted by atomic mass is 35.5. The lowest BCUT2D eigenvalue weighted by Crippen LogP contribution is -2.23. The zero-order valence-electron chi connectivity index (χ0n) is 11.5. The van der Waals surface area contributed by atoms with E-state index in [9.17, 15) is 0 Å². The van der Waals surface area contributed by atoms with E-state index in [0.717, 1.165) is 22.3 Å². The molecule has 0 aliphatic heterocycles. The van der Waals surface area contributed by atoms with E-state index < -0.39 is 0 Å². The fraction of sp³-hybridized carbons (Fsp3) is 0.600. The van der Waals surface area contributed by atoms with E-state index in [0.29, 0.717) is 6.04 Å². The Hall–Kier alpha value is -0.890. The summed E-state index contributed by atoms with van der Waals surface area (Å²) in [4.78, 5) is 2.03. The van der Waals surface area contributed by atoms with Crippen molar-refractivity contribution in [3.63, 3.8) is 0 Å². The number of hydrogen-bond acceptors (Lipinski definition) is 2. The van der Waals surface area contributed by atoms with Crippen molar-refractivity contribution in [2.75, 3.05) is 24.3 Å². The summed E-state index contributed by atoms with van der Waals surface area (Å²) >= 11 is 6.29. The summed E-state index contributed by atoms with van der Waals surface area (Å²) in [5.74, 6) is 0.817. The van der Waals surface area contributed by atoms with Crippen LogP contribution < -0.4 is 10.2 Å². The van der Waals surface area contributed by atoms with Crippen LogP contribution in [0.25, 0.3) is 0 Å². The van der Waals surface area contributed by atoms with Crippen molar-refractivity contribution in [2.24, 2.45) is 5.92 Å². The fourth-order valence-electron chi connectivity index (χ4n) is 2.80. The van der Waals surface area contributed by atoms with Gasteiger partial charge in [0.25, 0.3) is 0 Å². The molecule has 3 heteroatoms. The number of hydrogen-bond donors (Lipinski definition) is 1. The Labute approximate surface area is 115 Å². The minimum Gasteiger partial charge on any atom is -0.382 e. The third-order valence-corrected chi connectivity index (χ3v) is 4.23. The second-order valence-electron chi connectivity index (χ2n) is 5.54. The Morgan fingerprint density at radius 3 is 2.50 bits per heavy atom. The molecule has 1 fully saturated rings. The van der Waals surface area contributed by atoms with E-state index in [2.05, 4.69) is 24.4 Å². The highest BCUT2D eigenvalue weighted by Crippen LogP contribution is 2.31. The molecule has 0 amide bonds. The second kappa shape index (κ2) is 5.83. The smallest absolute Gasteiger partial charge is 0.0659 e. The zero-order valence-corrected chi connectivity index (χ0v) is 12.3. The summed E-state index contributed by atoms with van der Waals surface area (Å²) in [6, 6.07) is 6.76. The molecule has 1 unspecified atom stereocenters.